The fourth-order valence-electron chi connectivity index (χ4n) is 1.22. The van der Waals surface area contributed by atoms with Crippen molar-refractivity contribution in [1.82, 2.24) is 14.5 Å². The first kappa shape index (κ1) is 11.0. The van der Waals surface area contributed by atoms with E-state index in [2.05, 4.69) is 47.7 Å². The normalized spacial score (nSPS) is 12.1. The van der Waals surface area contributed by atoms with Crippen LogP contribution in [0.4, 0.5) is 5.95 Å². The molecule has 0 radical (unpaired) electrons. The number of aromatic nitrogens is 2. The summed E-state index contributed by atoms with van der Waals surface area (Å²) in [6.07, 6.45) is 3.81. The van der Waals surface area contributed by atoms with E-state index in [4.69, 9.17) is 0 Å². The standard InChI is InChI=1S/C10H20N4/c1-10(2,13(4)5)8-14-7-6-12-9(14)11-3/h6-7H,8H2,1-5H3,(H,11,12). The maximum atomic E-state index is 4.21. The van der Waals surface area contributed by atoms with Crippen LogP contribution in [0.15, 0.2) is 12.4 Å². The van der Waals surface area contributed by atoms with Crippen molar-refractivity contribution in [2.75, 3.05) is 26.5 Å². The highest BCUT2D eigenvalue weighted by molar-refractivity contribution is 5.24. The largest absolute Gasteiger partial charge is 0.359 e. The van der Waals surface area contributed by atoms with Crippen molar-refractivity contribution in [2.24, 2.45) is 0 Å². The van der Waals surface area contributed by atoms with E-state index in [1.165, 1.54) is 0 Å². The highest BCUT2D eigenvalue weighted by atomic mass is 15.2. The van der Waals surface area contributed by atoms with Crippen molar-refractivity contribution in [3.8, 4) is 0 Å². The highest BCUT2D eigenvalue weighted by Crippen LogP contribution is 2.15. The summed E-state index contributed by atoms with van der Waals surface area (Å²) in [5.74, 6) is 0.917. The molecule has 0 aliphatic carbocycles. The SMILES string of the molecule is CNc1nccn1CC(C)(C)N(C)C. The third-order valence-corrected chi connectivity index (χ3v) is 2.71. The Hall–Kier alpha value is -1.03. The van der Waals surface area contributed by atoms with Crippen LogP contribution in [0.2, 0.25) is 0 Å². The van der Waals surface area contributed by atoms with Crippen LogP contribution in [-0.2, 0) is 6.54 Å². The second-order valence-corrected chi connectivity index (χ2v) is 4.34. The Morgan fingerprint density at radius 3 is 2.64 bits per heavy atom. The molecule has 0 unspecified atom stereocenters. The smallest absolute Gasteiger partial charge is 0.202 e. The van der Waals surface area contributed by atoms with Gasteiger partial charge >= 0.3 is 0 Å². The predicted molar refractivity (Wildman–Crippen MR) is 59.5 cm³/mol. The number of hydrogen-bond acceptors (Lipinski definition) is 3. The van der Waals surface area contributed by atoms with Gasteiger partial charge in [0.25, 0.3) is 0 Å². The lowest BCUT2D eigenvalue weighted by atomic mass is 10.0. The van der Waals surface area contributed by atoms with Gasteiger partial charge in [-0.3, -0.25) is 0 Å². The molecule has 14 heavy (non-hydrogen) atoms. The molecule has 4 heteroatoms. The molecule has 0 bridgehead atoms. The molecule has 1 aromatic heterocycles. The summed E-state index contributed by atoms with van der Waals surface area (Å²) in [6, 6.07) is 0. The van der Waals surface area contributed by atoms with Crippen LogP contribution in [0.25, 0.3) is 0 Å². The van der Waals surface area contributed by atoms with Crippen molar-refractivity contribution >= 4 is 5.95 Å². The minimum Gasteiger partial charge on any atom is -0.359 e. The van der Waals surface area contributed by atoms with Gasteiger partial charge in [-0.2, -0.15) is 0 Å². The van der Waals surface area contributed by atoms with E-state index in [0.717, 1.165) is 12.5 Å². The summed E-state index contributed by atoms with van der Waals surface area (Å²) in [5, 5.41) is 3.07. The Morgan fingerprint density at radius 2 is 2.14 bits per heavy atom. The molecule has 0 aliphatic heterocycles. The molecule has 1 aromatic rings. The molecule has 0 aromatic carbocycles. The van der Waals surface area contributed by atoms with Crippen LogP contribution < -0.4 is 5.32 Å². The number of anilines is 1. The quantitative estimate of drug-likeness (QED) is 0.787. The Morgan fingerprint density at radius 1 is 1.50 bits per heavy atom. The summed E-state index contributed by atoms with van der Waals surface area (Å²) in [5.41, 5.74) is 0.131. The first-order valence-electron chi connectivity index (χ1n) is 4.83. The number of rotatable bonds is 4. The molecule has 0 saturated carbocycles. The van der Waals surface area contributed by atoms with Gasteiger partial charge < -0.3 is 14.8 Å². The molecular weight excluding hydrogens is 176 g/mol. The predicted octanol–water partition coefficient (Wildman–Crippen LogP) is 1.26. The number of imidazole rings is 1. The minimum absolute atomic E-state index is 0.131. The van der Waals surface area contributed by atoms with E-state index < -0.39 is 0 Å². The average Bonchev–Trinajstić information content (AvgIpc) is 2.50. The summed E-state index contributed by atoms with van der Waals surface area (Å²) in [7, 11) is 6.08. The summed E-state index contributed by atoms with van der Waals surface area (Å²) in [6.45, 7) is 5.36. The maximum Gasteiger partial charge on any atom is 0.202 e. The molecule has 0 atom stereocenters. The number of hydrogen-bond donors (Lipinski definition) is 1. The van der Waals surface area contributed by atoms with E-state index in [9.17, 15) is 0 Å². The molecule has 0 amide bonds. The lowest BCUT2D eigenvalue weighted by Crippen LogP contribution is -2.42. The minimum atomic E-state index is 0.131. The topological polar surface area (TPSA) is 33.1 Å². The van der Waals surface area contributed by atoms with Crippen molar-refractivity contribution in [1.29, 1.82) is 0 Å². The van der Waals surface area contributed by atoms with Gasteiger partial charge in [-0.15, -0.1) is 0 Å². The molecule has 0 saturated heterocycles. The fraction of sp³-hybridized carbons (Fsp3) is 0.700. The molecule has 1 rings (SSSR count). The second kappa shape index (κ2) is 4.00. The van der Waals surface area contributed by atoms with Crippen LogP contribution in [0, 0.1) is 0 Å². The number of nitrogens with one attached hydrogen (secondary N) is 1. The van der Waals surface area contributed by atoms with E-state index in [1.54, 1.807) is 0 Å². The molecule has 4 nitrogen and oxygen atoms in total. The zero-order valence-corrected chi connectivity index (χ0v) is 9.70. The van der Waals surface area contributed by atoms with Crippen LogP contribution in [0.1, 0.15) is 13.8 Å². The van der Waals surface area contributed by atoms with Gasteiger partial charge in [-0.05, 0) is 27.9 Å². The van der Waals surface area contributed by atoms with Crippen LogP contribution >= 0.6 is 0 Å². The lowest BCUT2D eigenvalue weighted by molar-refractivity contribution is 0.170. The fourth-order valence-corrected chi connectivity index (χ4v) is 1.22. The van der Waals surface area contributed by atoms with Gasteiger partial charge in [0.1, 0.15) is 0 Å². The van der Waals surface area contributed by atoms with E-state index in [0.29, 0.717) is 0 Å². The lowest BCUT2D eigenvalue weighted by Gasteiger charge is -2.33. The van der Waals surface area contributed by atoms with Crippen LogP contribution in [0.5, 0.6) is 0 Å². The maximum absolute atomic E-state index is 4.21. The van der Waals surface area contributed by atoms with Gasteiger partial charge in [0.15, 0.2) is 0 Å². The second-order valence-electron chi connectivity index (χ2n) is 4.34. The Balaban J connectivity index is 2.78. The highest BCUT2D eigenvalue weighted by Gasteiger charge is 2.21. The first-order valence-corrected chi connectivity index (χ1v) is 4.83. The average molecular weight is 196 g/mol. The van der Waals surface area contributed by atoms with Crippen molar-refractivity contribution < 1.29 is 0 Å². The van der Waals surface area contributed by atoms with Gasteiger partial charge in [0, 0.05) is 31.5 Å². The van der Waals surface area contributed by atoms with Gasteiger partial charge in [-0.25, -0.2) is 4.98 Å². The van der Waals surface area contributed by atoms with Crippen molar-refractivity contribution in [3.63, 3.8) is 0 Å². The summed E-state index contributed by atoms with van der Waals surface area (Å²) in [4.78, 5) is 6.43. The summed E-state index contributed by atoms with van der Waals surface area (Å²) >= 11 is 0. The summed E-state index contributed by atoms with van der Waals surface area (Å²) < 4.78 is 2.12. The molecular formula is C10H20N4. The zero-order valence-electron chi connectivity index (χ0n) is 9.70. The van der Waals surface area contributed by atoms with E-state index in [-0.39, 0.29) is 5.54 Å². The molecule has 0 aliphatic rings. The Bertz CT molecular complexity index is 288. The third kappa shape index (κ3) is 2.26. The Kier molecular flexibility index (Phi) is 3.16. The van der Waals surface area contributed by atoms with Crippen molar-refractivity contribution in [2.45, 2.75) is 25.9 Å². The number of nitrogens with zero attached hydrogens (tertiary/aromatic N) is 3. The van der Waals surface area contributed by atoms with E-state index >= 15 is 0 Å². The van der Waals surface area contributed by atoms with Crippen LogP contribution in [0.3, 0.4) is 0 Å². The van der Waals surface area contributed by atoms with Gasteiger partial charge in [-0.1, -0.05) is 0 Å². The third-order valence-electron chi connectivity index (χ3n) is 2.71. The van der Waals surface area contributed by atoms with Gasteiger partial charge in [0.05, 0.1) is 0 Å². The number of likely N-dealkylation sites (N-methyl/N-ethyl adjacent to an activating group) is 1. The molecule has 80 valence electrons. The first-order chi connectivity index (χ1) is 6.47. The zero-order chi connectivity index (χ0) is 10.8. The molecule has 1 N–H and O–H groups in total. The Labute approximate surface area is 85.9 Å². The van der Waals surface area contributed by atoms with E-state index in [1.807, 2.05) is 19.4 Å². The molecule has 0 spiro atoms. The molecule has 1 heterocycles. The monoisotopic (exact) mass is 196 g/mol. The van der Waals surface area contributed by atoms with Gasteiger partial charge in [0.2, 0.25) is 5.95 Å². The van der Waals surface area contributed by atoms with Crippen molar-refractivity contribution in [3.05, 3.63) is 12.4 Å². The molecule has 0 fully saturated rings. The van der Waals surface area contributed by atoms with Crippen LogP contribution in [-0.4, -0.2) is 41.1 Å².